The molecule has 0 unspecified atom stereocenters. The van der Waals surface area contributed by atoms with E-state index in [0.29, 0.717) is 11.1 Å². The van der Waals surface area contributed by atoms with E-state index in [1.165, 1.54) is 0 Å². The van der Waals surface area contributed by atoms with E-state index in [9.17, 15) is 19.5 Å². The van der Waals surface area contributed by atoms with Crippen LogP contribution in [-0.2, 0) is 25.5 Å². The molecule has 0 saturated heterocycles. The minimum Gasteiger partial charge on any atom is -0.463 e. The summed E-state index contributed by atoms with van der Waals surface area (Å²) in [5, 5.41) is 10.7. The highest BCUT2D eigenvalue weighted by atomic mass is 16.6. The lowest BCUT2D eigenvalue weighted by molar-refractivity contribution is -0.187. The van der Waals surface area contributed by atoms with Crippen LogP contribution >= 0.6 is 0 Å². The Bertz CT molecular complexity index is 588. The Morgan fingerprint density at radius 1 is 1.18 bits per heavy atom. The Morgan fingerprint density at radius 3 is 2.23 bits per heavy atom. The molecule has 1 aromatic rings. The number of hydrogen-bond acceptors (Lipinski definition) is 6. The molecule has 1 N–H and O–H groups in total. The Balaban J connectivity index is 2.41. The van der Waals surface area contributed by atoms with Crippen molar-refractivity contribution in [2.45, 2.75) is 25.9 Å². The average molecular weight is 306 g/mol. The lowest BCUT2D eigenvalue weighted by Gasteiger charge is -2.28. The van der Waals surface area contributed by atoms with Crippen molar-refractivity contribution in [2.75, 3.05) is 13.2 Å². The maximum atomic E-state index is 12.5. The fourth-order valence-electron chi connectivity index (χ4n) is 2.63. The van der Waals surface area contributed by atoms with Gasteiger partial charge in [0.25, 0.3) is 5.60 Å². The van der Waals surface area contributed by atoms with Gasteiger partial charge in [0.1, 0.15) is 0 Å². The van der Waals surface area contributed by atoms with Gasteiger partial charge in [-0.1, -0.05) is 24.3 Å². The van der Waals surface area contributed by atoms with Crippen LogP contribution in [0.5, 0.6) is 0 Å². The van der Waals surface area contributed by atoms with Gasteiger partial charge in [0.2, 0.25) is 0 Å². The number of carbonyl (C=O) groups excluding carboxylic acids is 3. The third kappa shape index (κ3) is 2.50. The molecule has 1 aliphatic rings. The average Bonchev–Trinajstić information content (AvgIpc) is 2.85. The highest BCUT2D eigenvalue weighted by molar-refractivity contribution is 6.13. The molecular weight excluding hydrogens is 288 g/mol. The molecular formula is C16H18O6. The van der Waals surface area contributed by atoms with E-state index in [2.05, 4.69) is 0 Å². The van der Waals surface area contributed by atoms with E-state index in [1.54, 1.807) is 38.1 Å². The molecule has 0 aliphatic heterocycles. The Kier molecular flexibility index (Phi) is 4.61. The van der Waals surface area contributed by atoms with Crippen molar-refractivity contribution < 1.29 is 29.0 Å². The first kappa shape index (κ1) is 16.2. The zero-order valence-corrected chi connectivity index (χ0v) is 12.5. The van der Waals surface area contributed by atoms with Crippen LogP contribution in [0.4, 0.5) is 0 Å². The van der Waals surface area contributed by atoms with Crippen LogP contribution in [0.25, 0.3) is 0 Å². The SMILES string of the molecule is CCOC(=O)C(O)(C(=O)OCC)[C@H]1Cc2ccccc2C1=O. The normalized spacial score (nSPS) is 17.0. The zero-order chi connectivity index (χ0) is 16.3. The topological polar surface area (TPSA) is 89.9 Å². The second-order valence-electron chi connectivity index (χ2n) is 4.99. The number of fused-ring (bicyclic) bond motifs is 1. The third-order valence-electron chi connectivity index (χ3n) is 3.70. The van der Waals surface area contributed by atoms with Crippen LogP contribution in [0, 0.1) is 5.92 Å². The summed E-state index contributed by atoms with van der Waals surface area (Å²) < 4.78 is 9.58. The Morgan fingerprint density at radius 2 is 1.73 bits per heavy atom. The molecule has 1 atom stereocenters. The van der Waals surface area contributed by atoms with Crippen molar-refractivity contribution >= 4 is 17.7 Å². The first-order valence-corrected chi connectivity index (χ1v) is 7.15. The van der Waals surface area contributed by atoms with Crippen LogP contribution < -0.4 is 0 Å². The fraction of sp³-hybridized carbons (Fsp3) is 0.438. The second-order valence-corrected chi connectivity index (χ2v) is 4.99. The molecule has 1 aliphatic carbocycles. The van der Waals surface area contributed by atoms with Crippen LogP contribution in [0.3, 0.4) is 0 Å². The van der Waals surface area contributed by atoms with Crippen molar-refractivity contribution in [1.29, 1.82) is 0 Å². The Hall–Kier alpha value is -2.21. The molecule has 0 radical (unpaired) electrons. The van der Waals surface area contributed by atoms with Crippen molar-refractivity contribution in [2.24, 2.45) is 5.92 Å². The van der Waals surface area contributed by atoms with Gasteiger partial charge >= 0.3 is 11.9 Å². The highest BCUT2D eigenvalue weighted by Gasteiger charge is 2.58. The molecule has 22 heavy (non-hydrogen) atoms. The summed E-state index contributed by atoms with van der Waals surface area (Å²) >= 11 is 0. The van der Waals surface area contributed by atoms with Gasteiger partial charge in [-0.15, -0.1) is 0 Å². The molecule has 0 aromatic heterocycles. The highest BCUT2D eigenvalue weighted by Crippen LogP contribution is 2.35. The second kappa shape index (κ2) is 6.27. The molecule has 2 rings (SSSR count). The smallest absolute Gasteiger partial charge is 0.350 e. The molecule has 0 spiro atoms. The van der Waals surface area contributed by atoms with Crippen molar-refractivity contribution in [3.8, 4) is 0 Å². The minimum atomic E-state index is -2.62. The van der Waals surface area contributed by atoms with E-state index in [1.807, 2.05) is 0 Å². The molecule has 0 heterocycles. The van der Waals surface area contributed by atoms with Gasteiger partial charge in [-0.25, -0.2) is 9.59 Å². The summed E-state index contributed by atoms with van der Waals surface area (Å²) in [5.41, 5.74) is -1.54. The predicted octanol–water partition coefficient (Wildman–Crippen LogP) is 0.899. The number of benzene rings is 1. The van der Waals surface area contributed by atoms with E-state index < -0.39 is 29.2 Å². The first-order chi connectivity index (χ1) is 10.5. The summed E-state index contributed by atoms with van der Waals surface area (Å²) in [5.74, 6) is -4.00. The quantitative estimate of drug-likeness (QED) is 0.642. The predicted molar refractivity (Wildman–Crippen MR) is 76.2 cm³/mol. The van der Waals surface area contributed by atoms with Crippen LogP contribution in [-0.4, -0.2) is 41.6 Å². The van der Waals surface area contributed by atoms with E-state index in [4.69, 9.17) is 9.47 Å². The maximum Gasteiger partial charge on any atom is 0.350 e. The van der Waals surface area contributed by atoms with Crippen molar-refractivity contribution in [3.05, 3.63) is 35.4 Å². The van der Waals surface area contributed by atoms with Gasteiger partial charge in [0.05, 0.1) is 19.1 Å². The van der Waals surface area contributed by atoms with Crippen LogP contribution in [0.1, 0.15) is 29.8 Å². The molecule has 1 aromatic carbocycles. The molecule has 6 heteroatoms. The maximum absolute atomic E-state index is 12.5. The molecule has 0 saturated carbocycles. The van der Waals surface area contributed by atoms with Crippen LogP contribution in [0.15, 0.2) is 24.3 Å². The number of rotatable bonds is 5. The molecule has 118 valence electrons. The third-order valence-corrected chi connectivity index (χ3v) is 3.70. The van der Waals surface area contributed by atoms with Gasteiger partial charge in [0.15, 0.2) is 5.78 Å². The largest absolute Gasteiger partial charge is 0.463 e. The summed E-state index contributed by atoms with van der Waals surface area (Å²) in [6.45, 7) is 3.06. The van der Waals surface area contributed by atoms with E-state index in [-0.39, 0.29) is 19.6 Å². The number of esters is 2. The molecule has 0 bridgehead atoms. The number of hydrogen-bond donors (Lipinski definition) is 1. The molecule has 0 amide bonds. The van der Waals surface area contributed by atoms with Gasteiger partial charge in [-0.2, -0.15) is 0 Å². The lowest BCUT2D eigenvalue weighted by atomic mass is 9.84. The standard InChI is InChI=1S/C16H18O6/c1-3-21-14(18)16(20,15(19)22-4-2)12-9-10-7-5-6-8-11(10)13(12)17/h5-8,12,20H,3-4,9H2,1-2H3/t12-/m0/s1. The van der Waals surface area contributed by atoms with Crippen molar-refractivity contribution in [3.63, 3.8) is 0 Å². The minimum absolute atomic E-state index is 0.0194. The summed E-state index contributed by atoms with van der Waals surface area (Å²) in [7, 11) is 0. The number of ether oxygens (including phenoxy) is 2. The molecule has 0 fully saturated rings. The number of aliphatic hydroxyl groups is 1. The summed E-state index contributed by atoms with van der Waals surface area (Å²) in [6, 6.07) is 6.77. The molecule has 6 nitrogen and oxygen atoms in total. The number of Topliss-reactive ketones (excluding diaryl/α,β-unsaturated/α-hetero) is 1. The van der Waals surface area contributed by atoms with E-state index >= 15 is 0 Å². The zero-order valence-electron chi connectivity index (χ0n) is 12.5. The van der Waals surface area contributed by atoms with Gasteiger partial charge < -0.3 is 14.6 Å². The number of ketones is 1. The fourth-order valence-corrected chi connectivity index (χ4v) is 2.63. The van der Waals surface area contributed by atoms with Crippen LogP contribution in [0.2, 0.25) is 0 Å². The van der Waals surface area contributed by atoms with E-state index in [0.717, 1.165) is 0 Å². The van der Waals surface area contributed by atoms with Gasteiger partial charge in [-0.05, 0) is 25.8 Å². The van der Waals surface area contributed by atoms with Crippen molar-refractivity contribution in [1.82, 2.24) is 0 Å². The van der Waals surface area contributed by atoms with Gasteiger partial charge in [-0.3, -0.25) is 4.79 Å². The monoisotopic (exact) mass is 306 g/mol. The summed E-state index contributed by atoms with van der Waals surface area (Å²) in [4.78, 5) is 36.8. The Labute approximate surface area is 128 Å². The lowest BCUT2D eigenvalue weighted by Crippen LogP contribution is -2.56. The number of carbonyl (C=O) groups is 3. The van der Waals surface area contributed by atoms with Gasteiger partial charge in [0, 0.05) is 5.56 Å². The first-order valence-electron chi connectivity index (χ1n) is 7.15. The summed E-state index contributed by atoms with van der Waals surface area (Å²) in [6.07, 6.45) is 0.0864.